The van der Waals surface area contributed by atoms with E-state index >= 15 is 4.39 Å². The Bertz CT molecular complexity index is 1570. The number of carbonyl (C=O) groups is 1. The molecule has 198 valence electrons. The molecule has 0 radical (unpaired) electrons. The smallest absolute Gasteiger partial charge is 0.304 e. The van der Waals surface area contributed by atoms with Crippen LogP contribution in [0, 0.1) is 26.6 Å². The summed E-state index contributed by atoms with van der Waals surface area (Å²) >= 11 is 0. The van der Waals surface area contributed by atoms with Gasteiger partial charge in [0.25, 0.3) is 0 Å². The summed E-state index contributed by atoms with van der Waals surface area (Å²) in [4.78, 5) is 15.7. The fourth-order valence-corrected chi connectivity index (χ4v) is 6.07. The van der Waals surface area contributed by atoms with Gasteiger partial charge < -0.3 is 14.6 Å². The van der Waals surface area contributed by atoms with Gasteiger partial charge in [0.15, 0.2) is 0 Å². The Hall–Kier alpha value is -4.19. The lowest BCUT2D eigenvalue weighted by Gasteiger charge is -2.19. The van der Waals surface area contributed by atoms with Gasteiger partial charge >= 0.3 is 5.97 Å². The highest BCUT2D eigenvalue weighted by Gasteiger charge is 2.32. The van der Waals surface area contributed by atoms with Crippen LogP contribution in [0.2, 0.25) is 0 Å². The number of fused-ring (bicyclic) bond motifs is 2. The van der Waals surface area contributed by atoms with Gasteiger partial charge in [0.1, 0.15) is 23.4 Å². The molecule has 2 atom stereocenters. The van der Waals surface area contributed by atoms with Crippen LogP contribution in [0.15, 0.2) is 60.8 Å². The van der Waals surface area contributed by atoms with Crippen molar-refractivity contribution in [2.75, 3.05) is 6.61 Å². The zero-order chi connectivity index (χ0) is 27.3. The average molecular weight is 524 g/mol. The monoisotopic (exact) mass is 523 g/mol. The second kappa shape index (κ2) is 9.84. The number of benzene rings is 3. The maximum atomic E-state index is 15.3. The second-order valence-electron chi connectivity index (χ2n) is 10.6. The molecule has 1 aliphatic heterocycles. The fraction of sp³-hybridized carbons (Fsp3) is 0.273. The average Bonchev–Trinajstić information content (AvgIpc) is 3.50. The predicted molar refractivity (Wildman–Crippen MR) is 148 cm³/mol. The van der Waals surface area contributed by atoms with Crippen molar-refractivity contribution in [2.24, 2.45) is 0 Å². The van der Waals surface area contributed by atoms with Gasteiger partial charge in [-0.3, -0.25) is 9.78 Å². The topological polar surface area (TPSA) is 68.7 Å². The van der Waals surface area contributed by atoms with E-state index in [1.807, 2.05) is 37.4 Å². The van der Waals surface area contributed by atoms with Crippen molar-refractivity contribution in [1.82, 2.24) is 4.98 Å². The third-order valence-corrected chi connectivity index (χ3v) is 7.86. The predicted octanol–water partition coefficient (Wildman–Crippen LogP) is 7.50. The molecule has 1 aromatic heterocycles. The number of pyridine rings is 1. The SMILES string of the molecule is Cc1ccc(-c2cc(C)c(-c3ccc(F)c4c3CC[C@H]4Oc3ccc4c(c3)OCC4CC(=O)O)c(C)c2)nc1. The molecule has 39 heavy (non-hydrogen) atoms. The van der Waals surface area contributed by atoms with E-state index in [9.17, 15) is 4.79 Å². The molecule has 0 bridgehead atoms. The summed E-state index contributed by atoms with van der Waals surface area (Å²) in [6.45, 7) is 6.56. The molecule has 6 rings (SSSR count). The van der Waals surface area contributed by atoms with Gasteiger partial charge in [0.05, 0.1) is 18.7 Å². The molecule has 0 spiro atoms. The molecule has 0 saturated heterocycles. The highest BCUT2D eigenvalue weighted by molar-refractivity contribution is 5.79. The first-order chi connectivity index (χ1) is 18.8. The molecule has 6 heteroatoms. The molecule has 0 saturated carbocycles. The Morgan fingerprint density at radius 2 is 1.87 bits per heavy atom. The van der Waals surface area contributed by atoms with Gasteiger partial charge in [-0.2, -0.15) is 0 Å². The summed E-state index contributed by atoms with van der Waals surface area (Å²) in [5, 5.41) is 9.16. The van der Waals surface area contributed by atoms with Crippen LogP contribution in [0.1, 0.15) is 58.2 Å². The zero-order valence-corrected chi connectivity index (χ0v) is 22.3. The molecular formula is C33H30FNO4. The molecule has 0 amide bonds. The summed E-state index contributed by atoms with van der Waals surface area (Å²) in [7, 11) is 0. The van der Waals surface area contributed by atoms with Crippen LogP contribution in [-0.4, -0.2) is 22.7 Å². The number of carboxylic acid groups (broad SMARTS) is 1. The fourth-order valence-electron chi connectivity index (χ4n) is 6.07. The van der Waals surface area contributed by atoms with Crippen LogP contribution < -0.4 is 9.47 Å². The van der Waals surface area contributed by atoms with Crippen molar-refractivity contribution in [2.45, 2.75) is 52.1 Å². The second-order valence-corrected chi connectivity index (χ2v) is 10.6. The van der Waals surface area contributed by atoms with Crippen LogP contribution in [-0.2, 0) is 11.2 Å². The standard InChI is InChI=1S/C33H30FNO4/c1-18-4-10-28(35-16-18)21-12-19(2)32(20(3)13-21)25-7-9-27(34)33-26(25)8-11-29(33)39-23-5-6-24-22(14-31(36)37)17-38-30(24)15-23/h4-7,9-10,12-13,15-16,22,29H,8,11,14,17H2,1-3H3,(H,36,37)/t22?,29-/m1/s1. The molecular weight excluding hydrogens is 493 g/mol. The van der Waals surface area contributed by atoms with E-state index in [1.54, 1.807) is 12.1 Å². The number of aromatic nitrogens is 1. The van der Waals surface area contributed by atoms with E-state index < -0.39 is 12.1 Å². The quantitative estimate of drug-likeness (QED) is 0.283. The van der Waals surface area contributed by atoms with Crippen molar-refractivity contribution in [3.63, 3.8) is 0 Å². The number of halogens is 1. The van der Waals surface area contributed by atoms with Gasteiger partial charge in [0, 0.05) is 34.9 Å². The van der Waals surface area contributed by atoms with E-state index in [0.29, 0.717) is 30.1 Å². The number of nitrogens with zero attached hydrogens (tertiary/aromatic N) is 1. The Labute approximate surface area is 227 Å². The van der Waals surface area contributed by atoms with E-state index in [4.69, 9.17) is 14.6 Å². The molecule has 2 aliphatic rings. The summed E-state index contributed by atoms with van der Waals surface area (Å²) in [5.41, 5.74) is 10.0. The van der Waals surface area contributed by atoms with Crippen molar-refractivity contribution >= 4 is 5.97 Å². The minimum atomic E-state index is -0.849. The van der Waals surface area contributed by atoms with Gasteiger partial charge in [0.2, 0.25) is 0 Å². The Morgan fingerprint density at radius 3 is 2.59 bits per heavy atom. The first-order valence-corrected chi connectivity index (χ1v) is 13.3. The number of hydrogen-bond donors (Lipinski definition) is 1. The lowest BCUT2D eigenvalue weighted by molar-refractivity contribution is -0.137. The Morgan fingerprint density at radius 1 is 1.08 bits per heavy atom. The minimum absolute atomic E-state index is 0.0263. The van der Waals surface area contributed by atoms with Crippen molar-refractivity contribution in [1.29, 1.82) is 0 Å². The highest BCUT2D eigenvalue weighted by Crippen LogP contribution is 2.45. The Kier molecular flexibility index (Phi) is 6.34. The van der Waals surface area contributed by atoms with Crippen LogP contribution in [0.25, 0.3) is 22.4 Å². The summed E-state index contributed by atoms with van der Waals surface area (Å²) in [6, 6.07) is 17.3. The van der Waals surface area contributed by atoms with Crippen LogP contribution in [0.5, 0.6) is 11.5 Å². The summed E-state index contributed by atoms with van der Waals surface area (Å²) in [5.74, 6) is -0.0442. The lowest BCUT2D eigenvalue weighted by atomic mass is 9.88. The Balaban J connectivity index is 1.31. The maximum absolute atomic E-state index is 15.3. The summed E-state index contributed by atoms with van der Waals surface area (Å²) in [6.07, 6.45) is 2.88. The number of ether oxygens (including phenoxy) is 2. The largest absolute Gasteiger partial charge is 0.492 e. The number of hydrogen-bond acceptors (Lipinski definition) is 4. The number of rotatable bonds is 6. The van der Waals surface area contributed by atoms with Gasteiger partial charge in [-0.25, -0.2) is 4.39 Å². The van der Waals surface area contributed by atoms with E-state index in [1.165, 1.54) is 0 Å². The molecule has 1 unspecified atom stereocenters. The number of aryl methyl sites for hydroxylation is 3. The maximum Gasteiger partial charge on any atom is 0.304 e. The number of carboxylic acids is 1. The van der Waals surface area contributed by atoms with Crippen molar-refractivity contribution in [3.05, 3.63) is 100.0 Å². The van der Waals surface area contributed by atoms with Crippen molar-refractivity contribution < 1.29 is 23.8 Å². The first-order valence-electron chi connectivity index (χ1n) is 13.3. The lowest BCUT2D eigenvalue weighted by Crippen LogP contribution is -2.07. The van der Waals surface area contributed by atoms with E-state index in [-0.39, 0.29) is 18.2 Å². The summed E-state index contributed by atoms with van der Waals surface area (Å²) < 4.78 is 27.3. The van der Waals surface area contributed by atoms with Crippen LogP contribution in [0.4, 0.5) is 4.39 Å². The van der Waals surface area contributed by atoms with Crippen LogP contribution >= 0.6 is 0 Å². The van der Waals surface area contributed by atoms with Gasteiger partial charge in [-0.15, -0.1) is 0 Å². The van der Waals surface area contributed by atoms with Crippen molar-refractivity contribution in [3.8, 4) is 33.9 Å². The van der Waals surface area contributed by atoms with Gasteiger partial charge in [-0.1, -0.05) is 18.2 Å². The van der Waals surface area contributed by atoms with E-state index in [0.717, 1.165) is 56.6 Å². The highest BCUT2D eigenvalue weighted by atomic mass is 19.1. The molecule has 4 aromatic rings. The molecule has 1 aliphatic carbocycles. The number of aliphatic carboxylic acids is 1. The first kappa shape index (κ1) is 25.1. The van der Waals surface area contributed by atoms with Gasteiger partial charge in [-0.05, 0) is 97.3 Å². The molecule has 5 nitrogen and oxygen atoms in total. The van der Waals surface area contributed by atoms with E-state index in [2.05, 4.69) is 37.0 Å². The molecule has 2 heterocycles. The van der Waals surface area contributed by atoms with Crippen LogP contribution in [0.3, 0.4) is 0 Å². The third-order valence-electron chi connectivity index (χ3n) is 7.86. The normalized spacial score (nSPS) is 17.4. The molecule has 0 fully saturated rings. The third kappa shape index (κ3) is 4.65. The molecule has 3 aromatic carbocycles. The zero-order valence-electron chi connectivity index (χ0n) is 22.3. The minimum Gasteiger partial charge on any atom is -0.492 e. The molecule has 1 N–H and O–H groups in total.